The zero-order valence-corrected chi connectivity index (χ0v) is 19.5. The van der Waals surface area contributed by atoms with Gasteiger partial charge in [-0.05, 0) is 46.2 Å². The van der Waals surface area contributed by atoms with E-state index < -0.39 is 0 Å². The first-order valence-electron chi connectivity index (χ1n) is 12.2. The maximum Gasteiger partial charge on any atom is 0.193 e. The maximum absolute atomic E-state index is 13.6. The summed E-state index contributed by atoms with van der Waals surface area (Å²) in [6, 6.07) is 28.4. The molecule has 0 aliphatic heterocycles. The number of aryl methyl sites for hydroxylation is 2. The molecule has 4 aromatic rings. The van der Waals surface area contributed by atoms with Gasteiger partial charge in [0.25, 0.3) is 0 Å². The van der Waals surface area contributed by atoms with Gasteiger partial charge in [-0.2, -0.15) is 0 Å². The molecule has 166 valence electrons. The Bertz CT molecular complexity index is 1360. The second kappa shape index (κ2) is 7.92. The van der Waals surface area contributed by atoms with Gasteiger partial charge >= 0.3 is 0 Å². The highest BCUT2D eigenvalue weighted by atomic mass is 16.1. The van der Waals surface area contributed by atoms with Gasteiger partial charge in [-0.15, -0.1) is 0 Å². The Morgan fingerprint density at radius 2 is 0.882 bits per heavy atom. The van der Waals surface area contributed by atoms with Crippen LogP contribution in [-0.4, -0.2) is 11.6 Å². The quantitative estimate of drug-likeness (QED) is 0.347. The van der Waals surface area contributed by atoms with Gasteiger partial charge in [0, 0.05) is 34.1 Å². The molecule has 2 heteroatoms. The molecule has 2 unspecified atom stereocenters. The van der Waals surface area contributed by atoms with Gasteiger partial charge in [0.1, 0.15) is 0 Å². The van der Waals surface area contributed by atoms with Gasteiger partial charge in [-0.25, -0.2) is 0 Å². The summed E-state index contributed by atoms with van der Waals surface area (Å²) in [6.07, 6.45) is 1.70. The number of carbonyl (C=O) groups excluding carboxylic acids is 2. The standard InChI is InChI=1S/C32H26O2/c1-3-19-11-9-17-25-27(19)29(21-13-5-7-15-23(21)31(25)33)30-22-14-6-8-16-24(22)32(34)26-18-10-12-20(4-2)28(26)30/h5-18,29-30H,3-4H2,1-2H3. The van der Waals surface area contributed by atoms with Crippen LogP contribution in [0.2, 0.25) is 0 Å². The van der Waals surface area contributed by atoms with Crippen LogP contribution in [-0.2, 0) is 12.8 Å². The average molecular weight is 443 g/mol. The molecule has 0 radical (unpaired) electrons. The highest BCUT2D eigenvalue weighted by molar-refractivity contribution is 6.15. The second-order valence-corrected chi connectivity index (χ2v) is 9.25. The number of ketones is 2. The lowest BCUT2D eigenvalue weighted by Crippen LogP contribution is -2.30. The van der Waals surface area contributed by atoms with Crippen LogP contribution in [0.15, 0.2) is 84.9 Å². The monoisotopic (exact) mass is 442 g/mol. The predicted octanol–water partition coefficient (Wildman–Crippen LogP) is 6.86. The van der Waals surface area contributed by atoms with Crippen molar-refractivity contribution in [1.29, 1.82) is 0 Å². The van der Waals surface area contributed by atoms with Crippen LogP contribution in [0, 0.1) is 0 Å². The van der Waals surface area contributed by atoms with E-state index in [-0.39, 0.29) is 23.4 Å². The van der Waals surface area contributed by atoms with Crippen molar-refractivity contribution in [2.75, 3.05) is 0 Å². The third-order valence-electron chi connectivity index (χ3n) is 7.68. The van der Waals surface area contributed by atoms with Gasteiger partial charge in [0.05, 0.1) is 0 Å². The molecule has 0 saturated carbocycles. The summed E-state index contributed by atoms with van der Waals surface area (Å²) in [4.78, 5) is 27.2. The first-order chi connectivity index (χ1) is 16.7. The van der Waals surface area contributed by atoms with Crippen LogP contribution < -0.4 is 0 Å². The lowest BCUT2D eigenvalue weighted by molar-refractivity contribution is 0.102. The molecule has 34 heavy (non-hydrogen) atoms. The molecule has 4 aromatic carbocycles. The van der Waals surface area contributed by atoms with Gasteiger partial charge < -0.3 is 0 Å². The molecule has 2 atom stereocenters. The summed E-state index contributed by atoms with van der Waals surface area (Å²) in [5.74, 6) is 0.115. The zero-order chi connectivity index (χ0) is 23.4. The van der Waals surface area contributed by atoms with Gasteiger partial charge in [0.15, 0.2) is 11.6 Å². The van der Waals surface area contributed by atoms with Crippen molar-refractivity contribution >= 4 is 11.6 Å². The number of fused-ring (bicyclic) bond motifs is 4. The molecule has 6 rings (SSSR count). The minimum Gasteiger partial charge on any atom is -0.289 e. The normalized spacial score (nSPS) is 18.1. The van der Waals surface area contributed by atoms with E-state index in [0.717, 1.165) is 57.3 Å². The van der Waals surface area contributed by atoms with Crippen LogP contribution >= 0.6 is 0 Å². The van der Waals surface area contributed by atoms with E-state index in [1.165, 1.54) is 11.1 Å². The number of carbonyl (C=O) groups is 2. The van der Waals surface area contributed by atoms with Crippen LogP contribution in [0.5, 0.6) is 0 Å². The van der Waals surface area contributed by atoms with Crippen LogP contribution in [0.4, 0.5) is 0 Å². The molecule has 2 aliphatic carbocycles. The van der Waals surface area contributed by atoms with Crippen LogP contribution in [0.25, 0.3) is 0 Å². The van der Waals surface area contributed by atoms with Crippen LogP contribution in [0.1, 0.15) is 90.9 Å². The van der Waals surface area contributed by atoms with Crippen LogP contribution in [0.3, 0.4) is 0 Å². The molecule has 0 bridgehead atoms. The van der Waals surface area contributed by atoms with E-state index in [9.17, 15) is 9.59 Å². The molecule has 0 fully saturated rings. The lowest BCUT2D eigenvalue weighted by atomic mass is 9.62. The molecule has 0 heterocycles. The SMILES string of the molecule is CCc1cccc2c1C(C1c3ccccc3C(=O)c3cccc(CC)c31)c1ccccc1C2=O. The van der Waals surface area contributed by atoms with E-state index in [1.807, 2.05) is 60.7 Å². The van der Waals surface area contributed by atoms with Crippen molar-refractivity contribution in [2.24, 2.45) is 0 Å². The molecule has 2 aliphatic rings. The van der Waals surface area contributed by atoms with Crippen molar-refractivity contribution in [3.05, 3.63) is 141 Å². The topological polar surface area (TPSA) is 34.1 Å². The molecule has 0 saturated heterocycles. The second-order valence-electron chi connectivity index (χ2n) is 9.25. The van der Waals surface area contributed by atoms with Crippen molar-refractivity contribution < 1.29 is 9.59 Å². The molecule has 0 amide bonds. The van der Waals surface area contributed by atoms with Gasteiger partial charge in [-0.3, -0.25) is 9.59 Å². The summed E-state index contributed by atoms with van der Waals surface area (Å²) >= 11 is 0. The number of hydrogen-bond acceptors (Lipinski definition) is 2. The zero-order valence-electron chi connectivity index (χ0n) is 19.5. The Balaban J connectivity index is 1.75. The first-order valence-corrected chi connectivity index (χ1v) is 12.2. The summed E-state index contributed by atoms with van der Waals surface area (Å²) in [5.41, 5.74) is 9.93. The summed E-state index contributed by atoms with van der Waals surface area (Å²) in [7, 11) is 0. The highest BCUT2D eigenvalue weighted by Crippen LogP contribution is 2.53. The maximum atomic E-state index is 13.6. The molecular weight excluding hydrogens is 416 g/mol. The van der Waals surface area contributed by atoms with Crippen molar-refractivity contribution in [3.63, 3.8) is 0 Å². The average Bonchev–Trinajstić information content (AvgIpc) is 2.89. The minimum absolute atomic E-state index is 0.0410. The highest BCUT2D eigenvalue weighted by Gasteiger charge is 2.43. The van der Waals surface area contributed by atoms with E-state index in [1.54, 1.807) is 0 Å². The van der Waals surface area contributed by atoms with Crippen molar-refractivity contribution in [1.82, 2.24) is 0 Å². The fourth-order valence-electron chi connectivity index (χ4n) is 6.22. The van der Waals surface area contributed by atoms with Gasteiger partial charge in [-0.1, -0.05) is 98.8 Å². The Kier molecular flexibility index (Phi) is 4.84. The van der Waals surface area contributed by atoms with Crippen molar-refractivity contribution in [2.45, 2.75) is 38.5 Å². The summed E-state index contributed by atoms with van der Waals surface area (Å²) < 4.78 is 0. The smallest absolute Gasteiger partial charge is 0.193 e. The van der Waals surface area contributed by atoms with E-state index in [0.29, 0.717) is 0 Å². The number of benzene rings is 4. The molecular formula is C32H26O2. The molecule has 0 N–H and O–H groups in total. The Labute approximate surface area is 200 Å². The Hall–Kier alpha value is -3.78. The summed E-state index contributed by atoms with van der Waals surface area (Å²) in [6.45, 7) is 4.31. The van der Waals surface area contributed by atoms with E-state index >= 15 is 0 Å². The van der Waals surface area contributed by atoms with Gasteiger partial charge in [0.2, 0.25) is 0 Å². The largest absolute Gasteiger partial charge is 0.289 e. The van der Waals surface area contributed by atoms with E-state index in [2.05, 4.69) is 38.1 Å². The lowest BCUT2D eigenvalue weighted by Gasteiger charge is -2.39. The summed E-state index contributed by atoms with van der Waals surface area (Å²) in [5, 5.41) is 0. The Morgan fingerprint density at radius 3 is 1.29 bits per heavy atom. The third kappa shape index (κ3) is 2.81. The van der Waals surface area contributed by atoms with Crippen molar-refractivity contribution in [3.8, 4) is 0 Å². The van der Waals surface area contributed by atoms with E-state index in [4.69, 9.17) is 0 Å². The predicted molar refractivity (Wildman–Crippen MR) is 135 cm³/mol. The fraction of sp³-hybridized carbons (Fsp3) is 0.188. The third-order valence-corrected chi connectivity index (χ3v) is 7.68. The number of hydrogen-bond donors (Lipinski definition) is 0. The fourth-order valence-corrected chi connectivity index (χ4v) is 6.22. The molecule has 0 aromatic heterocycles. The molecule has 2 nitrogen and oxygen atoms in total. The minimum atomic E-state index is -0.0410. The first kappa shape index (κ1) is 20.8. The number of rotatable bonds is 3. The Morgan fingerprint density at radius 1 is 0.500 bits per heavy atom. The molecule has 0 spiro atoms.